The van der Waals surface area contributed by atoms with Crippen LogP contribution >= 0.6 is 0 Å². The van der Waals surface area contributed by atoms with Crippen LogP contribution in [0.2, 0.25) is 0 Å². The summed E-state index contributed by atoms with van der Waals surface area (Å²) < 4.78 is 5.18. The normalized spacial score (nSPS) is 25.4. The molecule has 3 nitrogen and oxygen atoms in total. The van der Waals surface area contributed by atoms with Gasteiger partial charge in [-0.3, -0.25) is 4.79 Å². The molecule has 6 rings (SSSR count). The molecule has 2 aromatic carbocycles. The molecule has 2 bridgehead atoms. The minimum atomic E-state index is -0.131. The Kier molecular flexibility index (Phi) is 2.96. The second-order valence-electron chi connectivity index (χ2n) is 7.04. The van der Waals surface area contributed by atoms with E-state index in [4.69, 9.17) is 4.74 Å². The summed E-state index contributed by atoms with van der Waals surface area (Å²) in [4.78, 5) is 14.9. The topological polar surface area (TPSA) is 29.5 Å². The Morgan fingerprint density at radius 1 is 1.16 bits per heavy atom. The van der Waals surface area contributed by atoms with E-state index >= 15 is 0 Å². The molecule has 1 aliphatic heterocycles. The van der Waals surface area contributed by atoms with Crippen LogP contribution < -0.4 is 4.74 Å². The zero-order chi connectivity index (χ0) is 17.0. The smallest absolute Gasteiger partial charge is 0.257 e. The number of ether oxygens (including phenoxy) is 1. The van der Waals surface area contributed by atoms with E-state index < -0.39 is 0 Å². The van der Waals surface area contributed by atoms with E-state index in [-0.39, 0.29) is 11.3 Å². The highest BCUT2D eigenvalue weighted by Gasteiger charge is 2.49. The summed E-state index contributed by atoms with van der Waals surface area (Å²) in [5, 5.41) is 0. The lowest BCUT2D eigenvalue weighted by molar-refractivity contribution is 0.0823. The fourth-order valence-electron chi connectivity index (χ4n) is 4.52. The second-order valence-corrected chi connectivity index (χ2v) is 7.04. The van der Waals surface area contributed by atoms with Crippen LogP contribution in [0.25, 0.3) is 0 Å². The molecule has 25 heavy (non-hydrogen) atoms. The molecular weight excluding hydrogens is 310 g/mol. The standard InChI is InChI=1S/C22H19NO2/c1-25-18-8-6-15(7-9-18)21(24)23-13-17-12-16-10-11-22(17,14-23)20-5-3-2-4-19(16)20/h2-11,13,16H,12,14H2,1H3. The van der Waals surface area contributed by atoms with Gasteiger partial charge in [-0.25, -0.2) is 0 Å². The van der Waals surface area contributed by atoms with Crippen LogP contribution in [0.5, 0.6) is 5.75 Å². The summed E-state index contributed by atoms with van der Waals surface area (Å²) in [5.74, 6) is 1.26. The third kappa shape index (κ3) is 1.95. The third-order valence-electron chi connectivity index (χ3n) is 5.80. The first-order valence-corrected chi connectivity index (χ1v) is 8.66. The molecule has 2 atom stereocenters. The van der Waals surface area contributed by atoms with Crippen molar-refractivity contribution in [2.75, 3.05) is 13.7 Å². The summed E-state index contributed by atoms with van der Waals surface area (Å²) >= 11 is 0. The number of nitrogens with zero attached hydrogens (tertiary/aromatic N) is 1. The fraction of sp³-hybridized carbons (Fsp3) is 0.227. The summed E-state index contributed by atoms with van der Waals surface area (Å²) in [6, 6.07) is 16.0. The Hall–Kier alpha value is -2.81. The van der Waals surface area contributed by atoms with Crippen molar-refractivity contribution in [3.8, 4) is 5.75 Å². The number of carbonyl (C=O) groups excluding carboxylic acids is 1. The van der Waals surface area contributed by atoms with Gasteiger partial charge in [0.1, 0.15) is 5.75 Å². The van der Waals surface area contributed by atoms with Crippen molar-refractivity contribution >= 4 is 5.91 Å². The number of hydrogen-bond donors (Lipinski definition) is 0. The lowest BCUT2D eigenvalue weighted by Gasteiger charge is -2.43. The van der Waals surface area contributed by atoms with Crippen molar-refractivity contribution in [1.29, 1.82) is 0 Å². The average Bonchev–Trinajstić information content (AvgIpc) is 3.08. The number of allylic oxidation sites excluding steroid dienone is 1. The van der Waals surface area contributed by atoms with Crippen molar-refractivity contribution in [3.63, 3.8) is 0 Å². The Labute approximate surface area is 147 Å². The first kappa shape index (κ1) is 14.5. The van der Waals surface area contributed by atoms with Crippen LogP contribution in [0.4, 0.5) is 0 Å². The van der Waals surface area contributed by atoms with Gasteiger partial charge in [0.25, 0.3) is 5.91 Å². The van der Waals surface area contributed by atoms with Crippen LogP contribution in [-0.4, -0.2) is 24.5 Å². The van der Waals surface area contributed by atoms with Gasteiger partial charge in [-0.15, -0.1) is 0 Å². The van der Waals surface area contributed by atoms with E-state index in [0.29, 0.717) is 18.0 Å². The van der Waals surface area contributed by atoms with E-state index in [1.54, 1.807) is 7.11 Å². The fourth-order valence-corrected chi connectivity index (χ4v) is 4.52. The number of benzene rings is 2. The minimum absolute atomic E-state index is 0.0493. The molecule has 1 heterocycles. The number of hydrogen-bond acceptors (Lipinski definition) is 2. The molecule has 0 N–H and O–H groups in total. The molecule has 2 aromatic rings. The van der Waals surface area contributed by atoms with Crippen LogP contribution in [0.1, 0.15) is 33.8 Å². The van der Waals surface area contributed by atoms with Crippen LogP contribution in [0.15, 0.2) is 72.5 Å². The number of methoxy groups -OCH3 is 1. The van der Waals surface area contributed by atoms with Crippen molar-refractivity contribution in [3.05, 3.63) is 89.1 Å². The second kappa shape index (κ2) is 5.09. The van der Waals surface area contributed by atoms with Gasteiger partial charge in [0, 0.05) is 24.2 Å². The number of carbonyl (C=O) groups is 1. The average molecular weight is 329 g/mol. The maximum Gasteiger partial charge on any atom is 0.257 e. The molecule has 0 saturated heterocycles. The van der Waals surface area contributed by atoms with Gasteiger partial charge < -0.3 is 9.64 Å². The maximum absolute atomic E-state index is 13.0. The van der Waals surface area contributed by atoms with Crippen molar-refractivity contribution in [2.45, 2.75) is 17.8 Å². The van der Waals surface area contributed by atoms with Gasteiger partial charge in [0.2, 0.25) is 0 Å². The third-order valence-corrected chi connectivity index (χ3v) is 5.80. The quantitative estimate of drug-likeness (QED) is 0.779. The Morgan fingerprint density at radius 2 is 1.96 bits per heavy atom. The van der Waals surface area contributed by atoms with Gasteiger partial charge >= 0.3 is 0 Å². The van der Waals surface area contributed by atoms with E-state index in [9.17, 15) is 4.79 Å². The molecule has 1 amide bonds. The highest BCUT2D eigenvalue weighted by molar-refractivity contribution is 5.95. The molecule has 0 radical (unpaired) electrons. The molecule has 124 valence electrons. The van der Waals surface area contributed by atoms with Crippen LogP contribution in [0, 0.1) is 0 Å². The van der Waals surface area contributed by atoms with Crippen molar-refractivity contribution < 1.29 is 9.53 Å². The van der Waals surface area contributed by atoms with E-state index in [1.165, 1.54) is 16.7 Å². The number of amides is 1. The predicted molar refractivity (Wildman–Crippen MR) is 96.7 cm³/mol. The lowest BCUT2D eigenvalue weighted by atomic mass is 9.60. The van der Waals surface area contributed by atoms with Gasteiger partial charge in [0.05, 0.1) is 12.5 Å². The SMILES string of the molecule is COc1ccc(C(=O)N2C=C3CC4C=CC3(C2)c2ccccc24)cc1. The Morgan fingerprint density at radius 3 is 2.76 bits per heavy atom. The molecular formula is C22H19NO2. The molecule has 3 aliphatic carbocycles. The van der Waals surface area contributed by atoms with Crippen molar-refractivity contribution in [2.24, 2.45) is 0 Å². The zero-order valence-corrected chi connectivity index (χ0v) is 14.1. The molecule has 0 aromatic heterocycles. The van der Waals surface area contributed by atoms with E-state index in [0.717, 1.165) is 12.2 Å². The molecule has 0 saturated carbocycles. The van der Waals surface area contributed by atoms with Gasteiger partial charge in [0.15, 0.2) is 0 Å². The minimum Gasteiger partial charge on any atom is -0.497 e. The van der Waals surface area contributed by atoms with E-state index in [2.05, 4.69) is 42.6 Å². The molecule has 0 fully saturated rings. The zero-order valence-electron chi connectivity index (χ0n) is 14.1. The molecule has 2 unspecified atom stereocenters. The maximum atomic E-state index is 13.0. The van der Waals surface area contributed by atoms with E-state index in [1.807, 2.05) is 29.2 Å². The first-order valence-electron chi connectivity index (χ1n) is 8.66. The van der Waals surface area contributed by atoms with Gasteiger partial charge in [-0.05, 0) is 47.4 Å². The Balaban J connectivity index is 1.51. The number of rotatable bonds is 2. The molecule has 3 heteroatoms. The highest BCUT2D eigenvalue weighted by Crippen LogP contribution is 2.54. The van der Waals surface area contributed by atoms with Gasteiger partial charge in [-0.1, -0.05) is 36.4 Å². The van der Waals surface area contributed by atoms with Crippen molar-refractivity contribution in [1.82, 2.24) is 4.90 Å². The summed E-state index contributed by atoms with van der Waals surface area (Å²) in [5.41, 5.74) is 4.71. The summed E-state index contributed by atoms with van der Waals surface area (Å²) in [6.07, 6.45) is 7.73. The Bertz CT molecular complexity index is 925. The van der Waals surface area contributed by atoms with Gasteiger partial charge in [-0.2, -0.15) is 0 Å². The van der Waals surface area contributed by atoms with Crippen LogP contribution in [0.3, 0.4) is 0 Å². The monoisotopic (exact) mass is 329 g/mol. The highest BCUT2D eigenvalue weighted by atomic mass is 16.5. The first-order chi connectivity index (χ1) is 12.2. The summed E-state index contributed by atoms with van der Waals surface area (Å²) in [7, 11) is 1.63. The summed E-state index contributed by atoms with van der Waals surface area (Å²) in [6.45, 7) is 0.688. The lowest BCUT2D eigenvalue weighted by Crippen LogP contribution is -2.40. The predicted octanol–water partition coefficient (Wildman–Crippen LogP) is 4.03. The van der Waals surface area contributed by atoms with Crippen LogP contribution in [-0.2, 0) is 5.41 Å². The largest absolute Gasteiger partial charge is 0.497 e. The molecule has 4 aliphatic rings. The molecule has 1 spiro atoms.